The van der Waals surface area contributed by atoms with Crippen molar-refractivity contribution in [2.75, 3.05) is 24.2 Å². The second kappa shape index (κ2) is 11.4. The summed E-state index contributed by atoms with van der Waals surface area (Å²) >= 11 is 18.4. The van der Waals surface area contributed by atoms with E-state index < -0.39 is 28.5 Å². The molecule has 2 aromatic carbocycles. The van der Waals surface area contributed by atoms with Crippen LogP contribution in [0.25, 0.3) is 0 Å². The molecule has 7 nitrogen and oxygen atoms in total. The van der Waals surface area contributed by atoms with Gasteiger partial charge in [-0.1, -0.05) is 53.9 Å². The van der Waals surface area contributed by atoms with Gasteiger partial charge in [-0.2, -0.15) is 0 Å². The van der Waals surface area contributed by atoms with E-state index in [1.54, 1.807) is 44.2 Å². The zero-order chi connectivity index (χ0) is 24.9. The van der Waals surface area contributed by atoms with Crippen molar-refractivity contribution in [3.8, 4) is 0 Å². The fourth-order valence-corrected chi connectivity index (χ4v) is 4.90. The number of carbonyl (C=O) groups excluding carboxylic acids is 2. The molecule has 2 aromatic rings. The first-order valence-electron chi connectivity index (χ1n) is 10.1. The Hall–Kier alpha value is -2.00. The summed E-state index contributed by atoms with van der Waals surface area (Å²) in [6, 6.07) is 8.79. The lowest BCUT2D eigenvalue weighted by molar-refractivity contribution is -0.140. The Kier molecular flexibility index (Phi) is 9.43. The van der Waals surface area contributed by atoms with Crippen LogP contribution in [0.2, 0.25) is 15.1 Å². The van der Waals surface area contributed by atoms with Crippen LogP contribution in [0, 0.1) is 6.92 Å². The van der Waals surface area contributed by atoms with Crippen LogP contribution in [0.1, 0.15) is 24.5 Å². The molecule has 11 heteroatoms. The number of amides is 2. The van der Waals surface area contributed by atoms with Crippen molar-refractivity contribution >= 4 is 62.3 Å². The Morgan fingerprint density at radius 2 is 1.67 bits per heavy atom. The minimum absolute atomic E-state index is 0.00705. The van der Waals surface area contributed by atoms with E-state index in [0.717, 1.165) is 10.6 Å². The van der Waals surface area contributed by atoms with E-state index in [0.29, 0.717) is 32.6 Å². The molecule has 0 aliphatic carbocycles. The predicted octanol–water partition coefficient (Wildman–Crippen LogP) is 4.27. The number of nitrogens with one attached hydrogen (secondary N) is 1. The average molecular weight is 535 g/mol. The number of nitrogens with zero attached hydrogens (tertiary/aromatic N) is 2. The van der Waals surface area contributed by atoms with E-state index in [-0.39, 0.29) is 18.1 Å². The zero-order valence-electron chi connectivity index (χ0n) is 18.7. The minimum atomic E-state index is -3.85. The number of likely N-dealkylation sites (N-methyl/N-ethyl adjacent to an activating group) is 1. The zero-order valence-corrected chi connectivity index (χ0v) is 21.8. The van der Waals surface area contributed by atoms with Crippen molar-refractivity contribution in [3.63, 3.8) is 0 Å². The first-order valence-corrected chi connectivity index (χ1v) is 13.1. The van der Waals surface area contributed by atoms with Crippen molar-refractivity contribution in [1.82, 2.24) is 10.2 Å². The van der Waals surface area contributed by atoms with Crippen molar-refractivity contribution in [1.29, 1.82) is 0 Å². The molecule has 2 amide bonds. The van der Waals surface area contributed by atoms with Crippen LogP contribution < -0.4 is 9.62 Å². The summed E-state index contributed by atoms with van der Waals surface area (Å²) in [4.78, 5) is 27.4. The number of aryl methyl sites for hydroxylation is 1. The fraction of sp³-hybridized carbons (Fsp3) is 0.364. The number of hydrogen-bond donors (Lipinski definition) is 1. The second-order valence-electron chi connectivity index (χ2n) is 7.50. The summed E-state index contributed by atoms with van der Waals surface area (Å²) in [6.07, 6.45) is 1.32. The molecule has 0 spiro atoms. The molecule has 1 atom stereocenters. The SMILES string of the molecule is CCC(C(=O)NC)N(Cc1ccc(Cl)cc1Cl)C(=O)CN(c1cc(Cl)ccc1C)S(C)(=O)=O. The molecule has 0 heterocycles. The number of anilines is 1. The topological polar surface area (TPSA) is 86.8 Å². The van der Waals surface area contributed by atoms with Crippen LogP contribution in [0.3, 0.4) is 0 Å². The average Bonchev–Trinajstić information content (AvgIpc) is 2.74. The van der Waals surface area contributed by atoms with Crippen LogP contribution in [0.4, 0.5) is 5.69 Å². The fourth-order valence-electron chi connectivity index (χ4n) is 3.37. The van der Waals surface area contributed by atoms with Crippen molar-refractivity contribution in [2.45, 2.75) is 32.9 Å². The molecule has 0 fully saturated rings. The highest BCUT2D eigenvalue weighted by atomic mass is 35.5. The van der Waals surface area contributed by atoms with E-state index >= 15 is 0 Å². The van der Waals surface area contributed by atoms with Gasteiger partial charge < -0.3 is 10.2 Å². The van der Waals surface area contributed by atoms with Crippen LogP contribution in [0.5, 0.6) is 0 Å². The van der Waals surface area contributed by atoms with E-state index in [1.807, 2.05) is 0 Å². The van der Waals surface area contributed by atoms with Crippen molar-refractivity contribution < 1.29 is 18.0 Å². The maximum atomic E-state index is 13.5. The molecule has 0 bridgehead atoms. The van der Waals surface area contributed by atoms with Crippen LogP contribution in [-0.4, -0.2) is 51.0 Å². The summed E-state index contributed by atoms with van der Waals surface area (Å²) < 4.78 is 26.2. The number of rotatable bonds is 9. The smallest absolute Gasteiger partial charge is 0.244 e. The third kappa shape index (κ3) is 6.99. The molecule has 0 aromatic heterocycles. The third-order valence-electron chi connectivity index (χ3n) is 5.11. The van der Waals surface area contributed by atoms with Crippen LogP contribution in [0.15, 0.2) is 36.4 Å². The number of halogens is 3. The van der Waals surface area contributed by atoms with Crippen LogP contribution in [-0.2, 0) is 26.2 Å². The first kappa shape index (κ1) is 27.2. The van der Waals surface area contributed by atoms with Crippen molar-refractivity contribution in [2.24, 2.45) is 0 Å². The lowest BCUT2D eigenvalue weighted by Gasteiger charge is -2.33. The maximum absolute atomic E-state index is 13.5. The van der Waals surface area contributed by atoms with Gasteiger partial charge in [-0.15, -0.1) is 0 Å². The number of hydrogen-bond acceptors (Lipinski definition) is 4. The number of sulfonamides is 1. The lowest BCUT2D eigenvalue weighted by Crippen LogP contribution is -2.51. The third-order valence-corrected chi connectivity index (χ3v) is 7.06. The molecule has 1 N–H and O–H groups in total. The predicted molar refractivity (Wildman–Crippen MR) is 134 cm³/mol. The standard InChI is InChI=1S/C22H26Cl3N3O4S/c1-5-19(22(30)26-3)27(12-15-7-9-16(23)10-18(15)25)21(29)13-28(33(4,31)32)20-11-17(24)8-6-14(20)2/h6-11,19H,5,12-13H2,1-4H3,(H,26,30). The van der Waals surface area contributed by atoms with E-state index in [2.05, 4.69) is 5.32 Å². The van der Waals surface area contributed by atoms with Gasteiger partial charge in [-0.3, -0.25) is 13.9 Å². The van der Waals surface area contributed by atoms with Gasteiger partial charge in [0.15, 0.2) is 0 Å². The highest BCUT2D eigenvalue weighted by Gasteiger charge is 2.32. The molecular weight excluding hydrogens is 509 g/mol. The molecule has 2 rings (SSSR count). The van der Waals surface area contributed by atoms with Gasteiger partial charge in [-0.05, 0) is 48.7 Å². The van der Waals surface area contributed by atoms with E-state index in [4.69, 9.17) is 34.8 Å². The minimum Gasteiger partial charge on any atom is -0.357 e. The molecule has 33 heavy (non-hydrogen) atoms. The molecular formula is C22H26Cl3N3O4S. The monoisotopic (exact) mass is 533 g/mol. The summed E-state index contributed by atoms with van der Waals surface area (Å²) in [5.41, 5.74) is 1.49. The van der Waals surface area contributed by atoms with Gasteiger partial charge in [-0.25, -0.2) is 8.42 Å². The summed E-state index contributed by atoms with van der Waals surface area (Å²) in [5.74, 6) is -0.943. The van der Waals surface area contributed by atoms with Gasteiger partial charge in [0.2, 0.25) is 21.8 Å². The van der Waals surface area contributed by atoms with E-state index in [1.165, 1.54) is 18.0 Å². The summed E-state index contributed by atoms with van der Waals surface area (Å²) in [5, 5.41) is 3.65. The summed E-state index contributed by atoms with van der Waals surface area (Å²) in [6.45, 7) is 2.96. The van der Waals surface area contributed by atoms with Gasteiger partial charge in [0.1, 0.15) is 12.6 Å². The largest absolute Gasteiger partial charge is 0.357 e. The molecule has 0 aliphatic heterocycles. The van der Waals surface area contributed by atoms with Crippen LogP contribution >= 0.6 is 34.8 Å². The van der Waals surface area contributed by atoms with E-state index in [9.17, 15) is 18.0 Å². The van der Waals surface area contributed by atoms with Gasteiger partial charge in [0, 0.05) is 28.7 Å². The molecule has 0 aliphatic rings. The Labute approximate surface area is 209 Å². The first-order chi connectivity index (χ1) is 15.4. The Balaban J connectivity index is 2.51. The maximum Gasteiger partial charge on any atom is 0.244 e. The number of benzene rings is 2. The Morgan fingerprint density at radius 1 is 1.06 bits per heavy atom. The highest BCUT2D eigenvalue weighted by molar-refractivity contribution is 7.92. The molecule has 1 unspecified atom stereocenters. The van der Waals surface area contributed by atoms with Crippen molar-refractivity contribution in [3.05, 3.63) is 62.6 Å². The molecule has 180 valence electrons. The van der Waals surface area contributed by atoms with Gasteiger partial charge >= 0.3 is 0 Å². The molecule has 0 saturated heterocycles. The Morgan fingerprint density at radius 3 is 2.21 bits per heavy atom. The normalized spacial score (nSPS) is 12.2. The Bertz CT molecular complexity index is 1140. The molecule has 0 radical (unpaired) electrons. The van der Waals surface area contributed by atoms with Gasteiger partial charge in [0.25, 0.3) is 0 Å². The summed E-state index contributed by atoms with van der Waals surface area (Å²) in [7, 11) is -2.37. The van der Waals surface area contributed by atoms with Gasteiger partial charge in [0.05, 0.1) is 11.9 Å². The molecule has 0 saturated carbocycles. The second-order valence-corrected chi connectivity index (χ2v) is 10.7. The quantitative estimate of drug-likeness (QED) is 0.520. The highest BCUT2D eigenvalue weighted by Crippen LogP contribution is 2.28. The lowest BCUT2D eigenvalue weighted by atomic mass is 10.1. The number of carbonyl (C=O) groups is 2.